The molecular weight excluding hydrogens is 408 g/mol. The van der Waals surface area contributed by atoms with Crippen molar-refractivity contribution in [3.05, 3.63) is 47.0 Å². The molecule has 1 fully saturated rings. The largest absolute Gasteiger partial charge is 0.493 e. The van der Waals surface area contributed by atoms with E-state index in [1.807, 2.05) is 25.1 Å². The molecule has 0 atom stereocenters. The lowest BCUT2D eigenvalue weighted by molar-refractivity contribution is -0.121. The average Bonchev–Trinajstić information content (AvgIpc) is 2.83. The molecule has 2 aromatic carbocycles. The van der Waals surface area contributed by atoms with Crippen LogP contribution in [0.5, 0.6) is 17.2 Å². The predicted octanol–water partition coefficient (Wildman–Crippen LogP) is 4.07. The highest BCUT2D eigenvalue weighted by Crippen LogP contribution is 2.38. The summed E-state index contributed by atoms with van der Waals surface area (Å²) in [6.45, 7) is 5.12. The summed E-state index contributed by atoms with van der Waals surface area (Å²) >= 11 is 0. The number of carbonyl (C=O) groups excluding carboxylic acids is 2. The van der Waals surface area contributed by atoms with Crippen molar-refractivity contribution >= 4 is 17.5 Å². The normalized spacial score (nSPS) is 14.1. The maximum absolute atomic E-state index is 13.1. The number of carbonyl (C=O) groups is 2. The van der Waals surface area contributed by atoms with Crippen molar-refractivity contribution in [2.45, 2.75) is 33.1 Å². The zero-order valence-corrected chi connectivity index (χ0v) is 19.5. The molecule has 1 aliphatic heterocycles. The van der Waals surface area contributed by atoms with Crippen LogP contribution in [-0.4, -0.2) is 51.1 Å². The number of methoxy groups -OCH3 is 3. The van der Waals surface area contributed by atoms with Crippen molar-refractivity contribution in [2.24, 2.45) is 5.92 Å². The van der Waals surface area contributed by atoms with Gasteiger partial charge in [0.2, 0.25) is 11.7 Å². The number of nitrogens with zero attached hydrogens (tertiary/aromatic N) is 1. The van der Waals surface area contributed by atoms with Gasteiger partial charge in [-0.05, 0) is 49.4 Å². The molecular formula is C25H32N2O5. The molecule has 1 saturated heterocycles. The molecule has 1 N–H and O–H groups in total. The predicted molar refractivity (Wildman–Crippen MR) is 124 cm³/mol. The van der Waals surface area contributed by atoms with Gasteiger partial charge in [-0.2, -0.15) is 0 Å². The number of rotatable bonds is 7. The van der Waals surface area contributed by atoms with Crippen molar-refractivity contribution in [1.29, 1.82) is 0 Å². The van der Waals surface area contributed by atoms with Gasteiger partial charge in [0.1, 0.15) is 0 Å². The monoisotopic (exact) mass is 440 g/mol. The molecule has 3 rings (SSSR count). The Morgan fingerprint density at radius 3 is 2.19 bits per heavy atom. The topological polar surface area (TPSA) is 77.1 Å². The molecule has 32 heavy (non-hydrogen) atoms. The molecule has 7 nitrogen and oxygen atoms in total. The second kappa shape index (κ2) is 10.4. The Bertz CT molecular complexity index is 955. The molecule has 2 aromatic rings. The van der Waals surface area contributed by atoms with E-state index >= 15 is 0 Å². The van der Waals surface area contributed by atoms with Crippen LogP contribution in [0.3, 0.4) is 0 Å². The third-order valence-corrected chi connectivity index (χ3v) is 6.05. The number of amides is 2. The molecule has 172 valence electrons. The van der Waals surface area contributed by atoms with Crippen molar-refractivity contribution < 1.29 is 23.8 Å². The summed E-state index contributed by atoms with van der Waals surface area (Å²) in [5.41, 5.74) is 3.58. The molecule has 1 heterocycles. The Kier molecular flexibility index (Phi) is 7.62. The van der Waals surface area contributed by atoms with Crippen LogP contribution in [-0.2, 0) is 11.2 Å². The summed E-state index contributed by atoms with van der Waals surface area (Å²) in [5.74, 6) is 1.11. The van der Waals surface area contributed by atoms with E-state index in [2.05, 4.69) is 12.2 Å². The maximum atomic E-state index is 13.1. The van der Waals surface area contributed by atoms with Gasteiger partial charge in [-0.15, -0.1) is 0 Å². The smallest absolute Gasteiger partial charge is 0.254 e. The number of benzene rings is 2. The molecule has 0 radical (unpaired) electrons. The van der Waals surface area contributed by atoms with Crippen molar-refractivity contribution in [3.8, 4) is 17.2 Å². The Morgan fingerprint density at radius 2 is 1.66 bits per heavy atom. The number of hydrogen-bond donors (Lipinski definition) is 1. The zero-order valence-electron chi connectivity index (χ0n) is 19.5. The molecule has 0 aromatic heterocycles. The van der Waals surface area contributed by atoms with Crippen LogP contribution >= 0.6 is 0 Å². The number of para-hydroxylation sites is 1. The average molecular weight is 441 g/mol. The molecule has 0 bridgehead atoms. The molecule has 0 aliphatic carbocycles. The van der Waals surface area contributed by atoms with E-state index in [0.717, 1.165) is 23.2 Å². The third kappa shape index (κ3) is 4.82. The van der Waals surface area contributed by atoms with Crippen molar-refractivity contribution in [2.75, 3.05) is 39.7 Å². The number of anilines is 1. The highest BCUT2D eigenvalue weighted by atomic mass is 16.5. The van der Waals surface area contributed by atoms with Crippen LogP contribution in [0, 0.1) is 12.8 Å². The highest BCUT2D eigenvalue weighted by Gasteiger charge is 2.29. The van der Waals surface area contributed by atoms with E-state index in [0.29, 0.717) is 48.7 Å². The highest BCUT2D eigenvalue weighted by molar-refractivity contribution is 5.97. The van der Waals surface area contributed by atoms with Crippen molar-refractivity contribution in [1.82, 2.24) is 4.90 Å². The summed E-state index contributed by atoms with van der Waals surface area (Å²) in [5, 5.41) is 3.13. The first-order valence-electron chi connectivity index (χ1n) is 10.9. The van der Waals surface area contributed by atoms with E-state index in [1.165, 1.54) is 21.3 Å². The molecule has 2 amide bonds. The zero-order chi connectivity index (χ0) is 23.3. The standard InChI is InChI=1S/C25H32N2O5/c1-6-17-9-7-8-16(2)22(17)26-24(28)18-10-12-27(13-11-18)25(29)19-14-20(30-3)23(32-5)21(15-19)31-4/h7-9,14-15,18H,6,10-13H2,1-5H3,(H,26,28). The maximum Gasteiger partial charge on any atom is 0.254 e. The molecule has 0 unspecified atom stereocenters. The molecule has 1 aliphatic rings. The van der Waals surface area contributed by atoms with Gasteiger partial charge in [-0.1, -0.05) is 25.1 Å². The fourth-order valence-corrected chi connectivity index (χ4v) is 4.16. The SMILES string of the molecule is CCc1cccc(C)c1NC(=O)C1CCN(C(=O)c2cc(OC)c(OC)c(OC)c2)CC1. The van der Waals surface area contributed by atoms with Crippen LogP contribution in [0.1, 0.15) is 41.3 Å². The van der Waals surface area contributed by atoms with Crippen molar-refractivity contribution in [3.63, 3.8) is 0 Å². The second-order valence-corrected chi connectivity index (χ2v) is 7.93. The fourth-order valence-electron chi connectivity index (χ4n) is 4.16. The van der Waals surface area contributed by atoms with Gasteiger partial charge < -0.3 is 24.4 Å². The van der Waals surface area contributed by atoms with Gasteiger partial charge in [-0.25, -0.2) is 0 Å². The molecule has 0 saturated carbocycles. The Labute approximate surface area is 189 Å². The summed E-state index contributed by atoms with van der Waals surface area (Å²) in [7, 11) is 4.57. The van der Waals surface area contributed by atoms with E-state index in [9.17, 15) is 9.59 Å². The van der Waals surface area contributed by atoms with Crippen LogP contribution < -0.4 is 19.5 Å². The number of likely N-dealkylation sites (tertiary alicyclic amines) is 1. The third-order valence-electron chi connectivity index (χ3n) is 6.05. The minimum absolute atomic E-state index is 0.0221. The van der Waals surface area contributed by atoms with Gasteiger partial charge >= 0.3 is 0 Å². The van der Waals surface area contributed by atoms with E-state index in [1.54, 1.807) is 17.0 Å². The molecule has 7 heteroatoms. The van der Waals surface area contributed by atoms with Gasteiger partial charge in [0.05, 0.1) is 21.3 Å². The van der Waals surface area contributed by atoms with Gasteiger partial charge in [0.15, 0.2) is 11.5 Å². The second-order valence-electron chi connectivity index (χ2n) is 7.93. The van der Waals surface area contributed by atoms with E-state index in [-0.39, 0.29) is 17.7 Å². The van der Waals surface area contributed by atoms with Gasteiger partial charge in [-0.3, -0.25) is 9.59 Å². The lowest BCUT2D eigenvalue weighted by Crippen LogP contribution is -2.41. The van der Waals surface area contributed by atoms with Crippen LogP contribution in [0.15, 0.2) is 30.3 Å². The quantitative estimate of drug-likeness (QED) is 0.702. The number of piperidine rings is 1. The molecule has 0 spiro atoms. The summed E-state index contributed by atoms with van der Waals surface area (Å²) in [6, 6.07) is 9.38. The van der Waals surface area contributed by atoms with Crippen LogP contribution in [0.2, 0.25) is 0 Å². The first-order valence-corrected chi connectivity index (χ1v) is 10.9. The number of hydrogen-bond acceptors (Lipinski definition) is 5. The lowest BCUT2D eigenvalue weighted by atomic mass is 9.94. The summed E-state index contributed by atoms with van der Waals surface area (Å²) in [4.78, 5) is 27.8. The Balaban J connectivity index is 1.67. The summed E-state index contributed by atoms with van der Waals surface area (Å²) in [6.07, 6.45) is 2.10. The summed E-state index contributed by atoms with van der Waals surface area (Å²) < 4.78 is 16.1. The fraction of sp³-hybridized carbons (Fsp3) is 0.440. The first-order chi connectivity index (χ1) is 15.4. The van der Waals surface area contributed by atoms with Crippen LogP contribution in [0.25, 0.3) is 0 Å². The first kappa shape index (κ1) is 23.4. The van der Waals surface area contributed by atoms with Gasteiger partial charge in [0, 0.05) is 30.3 Å². The Morgan fingerprint density at radius 1 is 1.03 bits per heavy atom. The lowest BCUT2D eigenvalue weighted by Gasteiger charge is -2.32. The minimum Gasteiger partial charge on any atom is -0.493 e. The number of ether oxygens (including phenoxy) is 3. The number of aryl methyl sites for hydroxylation is 2. The number of nitrogens with one attached hydrogen (secondary N) is 1. The Hall–Kier alpha value is -3.22. The van der Waals surface area contributed by atoms with E-state index < -0.39 is 0 Å². The van der Waals surface area contributed by atoms with Crippen LogP contribution in [0.4, 0.5) is 5.69 Å². The minimum atomic E-state index is -0.122. The van der Waals surface area contributed by atoms with E-state index in [4.69, 9.17) is 14.2 Å². The van der Waals surface area contributed by atoms with Gasteiger partial charge in [0.25, 0.3) is 5.91 Å².